The number of nitro benzene ring substituents is 1. The summed E-state index contributed by atoms with van der Waals surface area (Å²) < 4.78 is 25.2. The molecule has 1 atom stereocenters. The first-order valence-corrected chi connectivity index (χ1v) is 13.1. The molecule has 158 valence electrons. The average Bonchev–Trinajstić information content (AvgIpc) is 3.22. The van der Waals surface area contributed by atoms with E-state index in [0.29, 0.717) is 0 Å². The molecule has 0 aliphatic rings. The van der Waals surface area contributed by atoms with Crippen LogP contribution in [0, 0.1) is 10.1 Å². The molecule has 1 unspecified atom stereocenters. The van der Waals surface area contributed by atoms with Crippen LogP contribution in [0.15, 0.2) is 69.3 Å². The van der Waals surface area contributed by atoms with Crippen molar-refractivity contribution < 1.29 is 26.7 Å². The normalized spacial score (nSPS) is 12.2. The van der Waals surface area contributed by atoms with E-state index in [0.717, 1.165) is 9.10 Å². The molecule has 1 heterocycles. The van der Waals surface area contributed by atoms with Crippen LogP contribution in [-0.4, -0.2) is 39.3 Å². The Morgan fingerprint density at radius 2 is 1.93 bits per heavy atom. The number of carbonyl (C=O) groups excluding carboxylic acids is 1. The van der Waals surface area contributed by atoms with Crippen LogP contribution in [0.1, 0.15) is 6.92 Å². The first kappa shape index (κ1) is 23.8. The summed E-state index contributed by atoms with van der Waals surface area (Å²) in [7, 11) is 0. The van der Waals surface area contributed by atoms with Gasteiger partial charge in [-0.3, -0.25) is 15.1 Å². The number of non-ortho nitro benzene ring substituents is 1. The van der Waals surface area contributed by atoms with E-state index in [-0.39, 0.29) is 21.6 Å². The van der Waals surface area contributed by atoms with Crippen molar-refractivity contribution in [1.29, 1.82) is 0 Å². The monoisotopic (exact) mass is 513 g/mol. The van der Waals surface area contributed by atoms with Crippen molar-refractivity contribution in [3.63, 3.8) is 0 Å². The van der Waals surface area contributed by atoms with Gasteiger partial charge in [-0.25, -0.2) is 0 Å². The van der Waals surface area contributed by atoms with Crippen LogP contribution in [0.25, 0.3) is 0 Å². The summed E-state index contributed by atoms with van der Waals surface area (Å²) in [4.78, 5) is 25.8. The third-order valence-electron chi connectivity index (χ3n) is 3.31. The zero-order valence-corrected chi connectivity index (χ0v) is 18.9. The molecule has 3 aromatic rings. The molecule has 30 heavy (non-hydrogen) atoms. The van der Waals surface area contributed by atoms with Crippen molar-refractivity contribution in [3.05, 3.63) is 70.4 Å². The maximum absolute atomic E-state index is 11.4. The summed E-state index contributed by atoms with van der Waals surface area (Å²) in [5.74, 6) is -0.379. The molecule has 0 aliphatic heterocycles. The molecule has 1 amide bonds. The molecule has 0 radical (unpaired) electrons. The van der Waals surface area contributed by atoms with Gasteiger partial charge in [-0.15, -0.1) is 11.3 Å². The van der Waals surface area contributed by atoms with E-state index in [1.54, 1.807) is 53.0 Å². The van der Waals surface area contributed by atoms with Crippen LogP contribution in [0.3, 0.4) is 0 Å². The summed E-state index contributed by atoms with van der Waals surface area (Å²) in [6.45, 7) is 1.27. The molecule has 0 saturated carbocycles. The van der Waals surface area contributed by atoms with E-state index in [4.69, 9.17) is 5.26 Å². The van der Waals surface area contributed by atoms with Gasteiger partial charge in [0.15, 0.2) is 0 Å². The average molecular weight is 513 g/mol. The standard InChI is InChI=1S/C9H6N2O2S2.C8H10AsNO5/c12-11(13)7-1-3-8(4-2-7)15-9-5-10-6-14-9;1-6(11)10-8-5-3-2-4-7(8)9(12,13)15-14/h1-6H;2-5,14H,1H3,(H,10,11)(H,12,13). The summed E-state index contributed by atoms with van der Waals surface area (Å²) in [5.41, 5.74) is 2.03. The molecule has 0 bridgehead atoms. The van der Waals surface area contributed by atoms with Gasteiger partial charge >= 0.3 is 88.4 Å². The van der Waals surface area contributed by atoms with Crippen LogP contribution in [-0.2, 0) is 12.4 Å². The van der Waals surface area contributed by atoms with Crippen LogP contribution < -0.4 is 9.67 Å². The number of rotatable bonds is 6. The van der Waals surface area contributed by atoms with Crippen molar-refractivity contribution in [1.82, 2.24) is 4.98 Å². The topological polar surface area (TPSA) is 152 Å². The van der Waals surface area contributed by atoms with Crippen LogP contribution in [0.4, 0.5) is 11.4 Å². The molecule has 0 fully saturated rings. The molecule has 2 aromatic carbocycles. The summed E-state index contributed by atoms with van der Waals surface area (Å²) in [6, 6.07) is 12.3. The largest absolute Gasteiger partial charge is 0.269 e. The Labute approximate surface area is 182 Å². The molecule has 10 nitrogen and oxygen atoms in total. The number of thiazole rings is 1. The number of nitrogens with zero attached hydrogens (tertiary/aromatic N) is 2. The van der Waals surface area contributed by atoms with Gasteiger partial charge in [-0.2, -0.15) is 0 Å². The Morgan fingerprint density at radius 1 is 1.27 bits per heavy atom. The number of anilines is 1. The van der Waals surface area contributed by atoms with E-state index >= 15 is 0 Å². The molecular weight excluding hydrogens is 497 g/mol. The minimum Gasteiger partial charge on any atom is -0.258 e. The SMILES string of the molecule is CC(=O)Nc1ccccc1[As](=O)(O)OO.O=[N+]([O-])c1ccc(Sc2cncs2)cc1. The molecule has 3 rings (SSSR count). The van der Waals surface area contributed by atoms with Gasteiger partial charge in [0.05, 0.1) is 20.8 Å². The Morgan fingerprint density at radius 3 is 2.47 bits per heavy atom. The van der Waals surface area contributed by atoms with Crippen LogP contribution >= 0.6 is 23.1 Å². The van der Waals surface area contributed by atoms with Crippen molar-refractivity contribution in [2.45, 2.75) is 16.0 Å². The van der Waals surface area contributed by atoms with Crippen molar-refractivity contribution in [2.24, 2.45) is 0 Å². The zero-order chi connectivity index (χ0) is 22.1. The van der Waals surface area contributed by atoms with Gasteiger partial charge in [0.1, 0.15) is 0 Å². The van der Waals surface area contributed by atoms with E-state index in [1.165, 1.54) is 37.3 Å². The van der Waals surface area contributed by atoms with Crippen LogP contribution in [0.2, 0.25) is 0 Å². The maximum Gasteiger partial charge on any atom is 0.269 e. The Balaban J connectivity index is 0.000000214. The van der Waals surface area contributed by atoms with Gasteiger partial charge in [-0.1, -0.05) is 11.8 Å². The molecular formula is C17H16AsN3O7S2. The predicted octanol–water partition coefficient (Wildman–Crippen LogP) is 2.91. The van der Waals surface area contributed by atoms with Crippen molar-refractivity contribution >= 4 is 58.9 Å². The molecule has 1 aromatic heterocycles. The number of amides is 1. The van der Waals surface area contributed by atoms with E-state index in [1.807, 2.05) is 0 Å². The third-order valence-corrected chi connectivity index (χ3v) is 7.78. The molecule has 13 heteroatoms. The third kappa shape index (κ3) is 7.09. The van der Waals surface area contributed by atoms with Gasteiger partial charge in [-0.05, 0) is 12.1 Å². The Bertz CT molecular complexity index is 1050. The fraction of sp³-hybridized carbons (Fsp3) is 0.0588. The zero-order valence-electron chi connectivity index (χ0n) is 15.4. The van der Waals surface area contributed by atoms with E-state index in [9.17, 15) is 22.7 Å². The van der Waals surface area contributed by atoms with Crippen molar-refractivity contribution in [2.75, 3.05) is 5.32 Å². The van der Waals surface area contributed by atoms with Crippen molar-refractivity contribution in [3.8, 4) is 0 Å². The minimum atomic E-state index is -4.92. The van der Waals surface area contributed by atoms with Gasteiger partial charge < -0.3 is 0 Å². The van der Waals surface area contributed by atoms with E-state index < -0.39 is 19.1 Å². The second kappa shape index (κ2) is 11.1. The molecule has 0 spiro atoms. The predicted molar refractivity (Wildman–Crippen MR) is 112 cm³/mol. The fourth-order valence-corrected chi connectivity index (χ4v) is 5.31. The molecule has 0 aliphatic carbocycles. The van der Waals surface area contributed by atoms with Crippen LogP contribution in [0.5, 0.6) is 0 Å². The molecule has 0 saturated heterocycles. The Hall–Kier alpha value is -2.47. The molecule has 3 N–H and O–H groups in total. The smallest absolute Gasteiger partial charge is 0.258 e. The number of benzene rings is 2. The van der Waals surface area contributed by atoms with Gasteiger partial charge in [0.2, 0.25) is 0 Å². The maximum atomic E-state index is 11.4. The second-order valence-corrected chi connectivity index (χ2v) is 11.3. The number of aromatic nitrogens is 1. The Kier molecular flexibility index (Phi) is 8.78. The second-order valence-electron chi connectivity index (χ2n) is 5.47. The fourth-order valence-electron chi connectivity index (χ4n) is 2.07. The summed E-state index contributed by atoms with van der Waals surface area (Å²) in [5, 5.41) is 21.1. The van der Waals surface area contributed by atoms with Gasteiger partial charge in [0.25, 0.3) is 5.69 Å². The number of carbonyl (C=O) groups is 1. The number of nitro groups is 1. The number of nitrogens with one attached hydrogen (secondary N) is 1. The minimum absolute atomic E-state index is 0.103. The first-order chi connectivity index (χ1) is 14.2. The number of para-hydroxylation sites is 1. The quantitative estimate of drug-likeness (QED) is 0.196. The summed E-state index contributed by atoms with van der Waals surface area (Å²) in [6.07, 6.45) is 1.77. The first-order valence-electron chi connectivity index (χ1n) is 8.07. The van der Waals surface area contributed by atoms with Gasteiger partial charge in [0, 0.05) is 17.0 Å². The van der Waals surface area contributed by atoms with E-state index in [2.05, 4.69) is 14.2 Å². The summed E-state index contributed by atoms with van der Waals surface area (Å²) >= 11 is -1.83. The number of hydrogen-bond acceptors (Lipinski definition) is 9. The number of hydrogen-bond donors (Lipinski definition) is 3.